The maximum Gasteiger partial charge on any atom is 0.326 e. The van der Waals surface area contributed by atoms with Crippen LogP contribution in [0.1, 0.15) is 39.5 Å². The van der Waals surface area contributed by atoms with Gasteiger partial charge in [-0.1, -0.05) is 0 Å². The highest BCUT2D eigenvalue weighted by Gasteiger charge is 2.47. The van der Waals surface area contributed by atoms with Crippen LogP contribution in [0.4, 0.5) is 0 Å². The molecule has 2 atom stereocenters. The third-order valence-corrected chi connectivity index (χ3v) is 4.90. The van der Waals surface area contributed by atoms with E-state index in [0.717, 1.165) is 38.9 Å². The standard InChI is InChI=1S/C16H31N3O2/c1-13(2)17-16(15(20)21-4)7-6-14(12-16)19-9-5-8-18(3)10-11-19/h13-14,17H,5-12H2,1-4H3. The van der Waals surface area contributed by atoms with Crippen molar-refractivity contribution in [1.29, 1.82) is 0 Å². The first-order valence-corrected chi connectivity index (χ1v) is 8.25. The van der Waals surface area contributed by atoms with E-state index in [9.17, 15) is 4.79 Å². The van der Waals surface area contributed by atoms with Crippen LogP contribution < -0.4 is 5.32 Å². The molecule has 122 valence electrons. The van der Waals surface area contributed by atoms with E-state index in [-0.39, 0.29) is 12.0 Å². The molecule has 2 aliphatic rings. The Labute approximate surface area is 129 Å². The minimum absolute atomic E-state index is 0.0920. The van der Waals surface area contributed by atoms with Crippen LogP contribution in [-0.4, -0.2) is 73.7 Å². The summed E-state index contributed by atoms with van der Waals surface area (Å²) in [6, 6.07) is 0.792. The highest BCUT2D eigenvalue weighted by Crippen LogP contribution is 2.35. The largest absolute Gasteiger partial charge is 0.468 e. The molecule has 0 aromatic carbocycles. The molecule has 1 aliphatic heterocycles. The summed E-state index contributed by atoms with van der Waals surface area (Å²) in [5.41, 5.74) is -0.480. The van der Waals surface area contributed by atoms with Gasteiger partial charge in [0.2, 0.25) is 0 Å². The van der Waals surface area contributed by atoms with Gasteiger partial charge in [-0.2, -0.15) is 0 Å². The quantitative estimate of drug-likeness (QED) is 0.787. The molecular weight excluding hydrogens is 266 g/mol. The van der Waals surface area contributed by atoms with Gasteiger partial charge in [0, 0.05) is 25.2 Å². The average molecular weight is 297 g/mol. The predicted molar refractivity (Wildman–Crippen MR) is 84.3 cm³/mol. The smallest absolute Gasteiger partial charge is 0.326 e. The van der Waals surface area contributed by atoms with Gasteiger partial charge in [0.15, 0.2) is 0 Å². The van der Waals surface area contributed by atoms with E-state index in [4.69, 9.17) is 4.74 Å². The third-order valence-electron chi connectivity index (χ3n) is 4.90. The molecule has 2 rings (SSSR count). The Morgan fingerprint density at radius 1 is 1.29 bits per heavy atom. The molecule has 1 saturated heterocycles. The summed E-state index contributed by atoms with van der Waals surface area (Å²) >= 11 is 0. The highest BCUT2D eigenvalue weighted by atomic mass is 16.5. The van der Waals surface area contributed by atoms with Crippen LogP contribution in [0.5, 0.6) is 0 Å². The van der Waals surface area contributed by atoms with E-state index < -0.39 is 5.54 Å². The monoisotopic (exact) mass is 297 g/mol. The molecule has 0 aromatic rings. The number of methoxy groups -OCH3 is 1. The molecule has 1 saturated carbocycles. The highest BCUT2D eigenvalue weighted by molar-refractivity contribution is 5.81. The fourth-order valence-corrected chi connectivity index (χ4v) is 3.89. The number of nitrogens with zero attached hydrogens (tertiary/aromatic N) is 2. The zero-order valence-corrected chi connectivity index (χ0v) is 14.0. The van der Waals surface area contributed by atoms with Gasteiger partial charge in [0.1, 0.15) is 5.54 Å². The van der Waals surface area contributed by atoms with Gasteiger partial charge in [-0.3, -0.25) is 15.0 Å². The van der Waals surface area contributed by atoms with E-state index in [2.05, 4.69) is 36.0 Å². The summed E-state index contributed by atoms with van der Waals surface area (Å²) < 4.78 is 5.09. The maximum absolute atomic E-state index is 12.3. The first kappa shape index (κ1) is 16.7. The number of hydrogen-bond donors (Lipinski definition) is 1. The van der Waals surface area contributed by atoms with Gasteiger partial charge in [0.25, 0.3) is 0 Å². The number of likely N-dealkylation sites (N-methyl/N-ethyl adjacent to an activating group) is 1. The topological polar surface area (TPSA) is 44.8 Å². The number of ether oxygens (including phenoxy) is 1. The fraction of sp³-hybridized carbons (Fsp3) is 0.938. The lowest BCUT2D eigenvalue weighted by molar-refractivity contribution is -0.149. The van der Waals surface area contributed by atoms with Gasteiger partial charge in [0.05, 0.1) is 7.11 Å². The molecule has 1 heterocycles. The van der Waals surface area contributed by atoms with Crippen molar-refractivity contribution in [3.8, 4) is 0 Å². The summed E-state index contributed by atoms with van der Waals surface area (Å²) in [6.07, 6.45) is 4.06. The second kappa shape index (κ2) is 7.07. The Hall–Kier alpha value is -0.650. The molecule has 1 N–H and O–H groups in total. The first-order valence-electron chi connectivity index (χ1n) is 8.25. The lowest BCUT2D eigenvalue weighted by Crippen LogP contribution is -2.54. The summed E-state index contributed by atoms with van der Waals surface area (Å²) in [7, 11) is 3.69. The normalized spacial score (nSPS) is 32.3. The Morgan fingerprint density at radius 3 is 2.71 bits per heavy atom. The van der Waals surface area contributed by atoms with Crippen LogP contribution in [0, 0.1) is 0 Å². The fourth-order valence-electron chi connectivity index (χ4n) is 3.89. The lowest BCUT2D eigenvalue weighted by atomic mass is 9.96. The van der Waals surface area contributed by atoms with Crippen molar-refractivity contribution in [3.05, 3.63) is 0 Å². The van der Waals surface area contributed by atoms with Gasteiger partial charge in [-0.15, -0.1) is 0 Å². The molecule has 2 unspecified atom stereocenters. The lowest BCUT2D eigenvalue weighted by Gasteiger charge is -2.32. The average Bonchev–Trinajstić information content (AvgIpc) is 2.73. The van der Waals surface area contributed by atoms with E-state index in [1.54, 1.807) is 0 Å². The number of carbonyl (C=O) groups excluding carboxylic acids is 1. The molecule has 2 fully saturated rings. The Bertz CT molecular complexity index is 361. The van der Waals surface area contributed by atoms with Gasteiger partial charge >= 0.3 is 5.97 Å². The summed E-state index contributed by atoms with van der Waals surface area (Å²) in [6.45, 7) is 8.75. The predicted octanol–water partition coefficient (Wildman–Crippen LogP) is 1.09. The molecule has 1 aliphatic carbocycles. The molecule has 0 bridgehead atoms. The first-order chi connectivity index (χ1) is 9.97. The van der Waals surface area contributed by atoms with Gasteiger partial charge < -0.3 is 9.64 Å². The van der Waals surface area contributed by atoms with Crippen LogP contribution in [0.15, 0.2) is 0 Å². The second-order valence-corrected chi connectivity index (χ2v) is 6.96. The van der Waals surface area contributed by atoms with Gasteiger partial charge in [-0.25, -0.2) is 0 Å². The van der Waals surface area contributed by atoms with Gasteiger partial charge in [-0.05, 0) is 59.7 Å². The minimum Gasteiger partial charge on any atom is -0.468 e. The van der Waals surface area contributed by atoms with Crippen molar-refractivity contribution in [2.24, 2.45) is 0 Å². The Kier molecular flexibility index (Phi) is 5.63. The number of carbonyl (C=O) groups is 1. The zero-order valence-electron chi connectivity index (χ0n) is 14.0. The zero-order chi connectivity index (χ0) is 15.5. The number of rotatable bonds is 4. The minimum atomic E-state index is -0.480. The molecule has 0 radical (unpaired) electrons. The van der Waals surface area contributed by atoms with Crippen LogP contribution >= 0.6 is 0 Å². The molecular formula is C16H31N3O2. The summed E-state index contributed by atoms with van der Waals surface area (Å²) in [5, 5.41) is 3.49. The van der Waals surface area contributed by atoms with Crippen molar-refractivity contribution in [2.45, 2.75) is 57.2 Å². The maximum atomic E-state index is 12.3. The Morgan fingerprint density at radius 2 is 2.05 bits per heavy atom. The van der Waals surface area contributed by atoms with Crippen LogP contribution in [0.2, 0.25) is 0 Å². The van der Waals surface area contributed by atoms with E-state index in [1.165, 1.54) is 20.1 Å². The molecule has 21 heavy (non-hydrogen) atoms. The van der Waals surface area contributed by atoms with Crippen molar-refractivity contribution in [1.82, 2.24) is 15.1 Å². The van der Waals surface area contributed by atoms with Crippen molar-refractivity contribution >= 4 is 5.97 Å². The van der Waals surface area contributed by atoms with Crippen molar-refractivity contribution in [2.75, 3.05) is 40.3 Å². The number of hydrogen-bond acceptors (Lipinski definition) is 5. The number of nitrogens with one attached hydrogen (secondary N) is 1. The second-order valence-electron chi connectivity index (χ2n) is 6.96. The summed E-state index contributed by atoms with van der Waals surface area (Å²) in [4.78, 5) is 17.3. The third kappa shape index (κ3) is 3.96. The molecule has 0 amide bonds. The molecule has 5 heteroatoms. The molecule has 0 aromatic heterocycles. The summed E-state index contributed by atoms with van der Waals surface area (Å²) in [5.74, 6) is -0.0920. The van der Waals surface area contributed by atoms with E-state index >= 15 is 0 Å². The van der Waals surface area contributed by atoms with E-state index in [1.807, 2.05) is 0 Å². The van der Waals surface area contributed by atoms with Crippen molar-refractivity contribution < 1.29 is 9.53 Å². The van der Waals surface area contributed by atoms with Crippen LogP contribution in [0.25, 0.3) is 0 Å². The molecule has 0 spiro atoms. The van der Waals surface area contributed by atoms with Crippen LogP contribution in [-0.2, 0) is 9.53 Å². The molecule has 5 nitrogen and oxygen atoms in total. The van der Waals surface area contributed by atoms with Crippen molar-refractivity contribution in [3.63, 3.8) is 0 Å². The number of esters is 1. The SMILES string of the molecule is COC(=O)C1(NC(C)C)CCC(N2CCCN(C)CC2)C1. The Balaban J connectivity index is 2.03. The van der Waals surface area contributed by atoms with E-state index in [0.29, 0.717) is 6.04 Å². The van der Waals surface area contributed by atoms with Crippen LogP contribution in [0.3, 0.4) is 0 Å².